The largest absolute Gasteiger partial charge is 0.341 e. The number of fused-ring (bicyclic) bond motifs is 1. The van der Waals surface area contributed by atoms with Crippen molar-refractivity contribution >= 4 is 40.3 Å². The molecule has 146 valence electrons. The summed E-state index contributed by atoms with van der Waals surface area (Å²) in [5.41, 5.74) is 2.32. The van der Waals surface area contributed by atoms with E-state index in [1.54, 1.807) is 11.8 Å². The molecule has 3 aromatic rings. The van der Waals surface area contributed by atoms with Crippen LogP contribution in [0, 0.1) is 0 Å². The third-order valence-electron chi connectivity index (χ3n) is 5.15. The van der Waals surface area contributed by atoms with Crippen LogP contribution in [0.25, 0.3) is 0 Å². The number of nitrogens with zero attached hydrogens (tertiary/aromatic N) is 3. The molecule has 1 saturated heterocycles. The predicted octanol–water partition coefficient (Wildman–Crippen LogP) is 6.48. The molecule has 5 rings (SSSR count). The number of hydrogen-bond donors (Lipinski definition) is 0. The van der Waals surface area contributed by atoms with Gasteiger partial charge in [-0.15, -0.1) is 0 Å². The van der Waals surface area contributed by atoms with E-state index in [0.29, 0.717) is 5.25 Å². The van der Waals surface area contributed by atoms with Gasteiger partial charge in [0.15, 0.2) is 5.17 Å². The Morgan fingerprint density at radius 1 is 1.00 bits per heavy atom. The second kappa shape index (κ2) is 8.05. The Morgan fingerprint density at radius 2 is 1.72 bits per heavy atom. The molecule has 2 aliphatic heterocycles. The van der Waals surface area contributed by atoms with E-state index in [2.05, 4.69) is 59.3 Å². The summed E-state index contributed by atoms with van der Waals surface area (Å²) in [4.78, 5) is 14.5. The monoisotopic (exact) mass is 437 g/mol. The molecule has 3 nitrogen and oxygen atoms in total. The van der Waals surface area contributed by atoms with Gasteiger partial charge in [0.1, 0.15) is 6.04 Å². The first-order valence-corrected chi connectivity index (χ1v) is 11.7. The van der Waals surface area contributed by atoms with Crippen LogP contribution in [-0.2, 0) is 0 Å². The van der Waals surface area contributed by atoms with Crippen LogP contribution < -0.4 is 0 Å². The summed E-state index contributed by atoms with van der Waals surface area (Å²) in [6, 6.07) is 23.2. The van der Waals surface area contributed by atoms with E-state index in [1.165, 1.54) is 15.4 Å². The molecule has 0 N–H and O–H groups in total. The Balaban J connectivity index is 1.42. The zero-order valence-electron chi connectivity index (χ0n) is 15.9. The van der Waals surface area contributed by atoms with Crippen LogP contribution in [0.1, 0.15) is 30.3 Å². The van der Waals surface area contributed by atoms with Crippen molar-refractivity contribution in [3.63, 3.8) is 0 Å². The highest BCUT2D eigenvalue weighted by molar-refractivity contribution is 8.14. The topological polar surface area (TPSA) is 28.5 Å². The number of hydrogen-bond acceptors (Lipinski definition) is 5. The summed E-state index contributed by atoms with van der Waals surface area (Å²) in [5, 5.41) is 2.48. The van der Waals surface area contributed by atoms with Gasteiger partial charge >= 0.3 is 0 Å². The van der Waals surface area contributed by atoms with Crippen LogP contribution in [-0.4, -0.2) is 26.8 Å². The molecule has 0 saturated carbocycles. The van der Waals surface area contributed by atoms with Crippen molar-refractivity contribution in [1.29, 1.82) is 0 Å². The lowest BCUT2D eigenvalue weighted by Crippen LogP contribution is -2.28. The van der Waals surface area contributed by atoms with Gasteiger partial charge in [0, 0.05) is 32.8 Å². The highest BCUT2D eigenvalue weighted by Crippen LogP contribution is 2.47. The van der Waals surface area contributed by atoms with Crippen LogP contribution in [0.4, 0.5) is 0 Å². The molecule has 6 heteroatoms. The van der Waals surface area contributed by atoms with Gasteiger partial charge in [0.2, 0.25) is 0 Å². The van der Waals surface area contributed by atoms with E-state index in [0.717, 1.165) is 22.4 Å². The lowest BCUT2D eigenvalue weighted by atomic mass is 9.96. The summed E-state index contributed by atoms with van der Waals surface area (Å²) in [5.74, 6) is 0. The molecule has 3 atom stereocenters. The number of amidine groups is 1. The average molecular weight is 438 g/mol. The van der Waals surface area contributed by atoms with Crippen molar-refractivity contribution in [1.82, 2.24) is 9.88 Å². The Morgan fingerprint density at radius 3 is 2.41 bits per heavy atom. The second-order valence-electron chi connectivity index (χ2n) is 7.26. The van der Waals surface area contributed by atoms with Crippen molar-refractivity contribution < 1.29 is 0 Å². The lowest BCUT2D eigenvalue weighted by molar-refractivity contribution is 0.321. The quantitative estimate of drug-likeness (QED) is 0.467. The molecule has 0 aliphatic carbocycles. The molecule has 0 amide bonds. The number of halogens is 1. The van der Waals surface area contributed by atoms with E-state index in [-0.39, 0.29) is 12.1 Å². The smallest absolute Gasteiger partial charge is 0.160 e. The highest BCUT2D eigenvalue weighted by atomic mass is 35.5. The molecule has 0 radical (unpaired) electrons. The van der Waals surface area contributed by atoms with Gasteiger partial charge in [-0.05, 0) is 54.1 Å². The fourth-order valence-electron chi connectivity index (χ4n) is 3.85. The van der Waals surface area contributed by atoms with Crippen LogP contribution in [0.2, 0.25) is 5.02 Å². The first-order chi connectivity index (χ1) is 14.2. The fraction of sp³-hybridized carbons (Fsp3) is 0.217. The van der Waals surface area contributed by atoms with Crippen molar-refractivity contribution in [3.8, 4) is 0 Å². The van der Waals surface area contributed by atoms with Gasteiger partial charge in [0.25, 0.3) is 0 Å². The molecule has 1 fully saturated rings. The highest BCUT2D eigenvalue weighted by Gasteiger charge is 2.43. The lowest BCUT2D eigenvalue weighted by Gasteiger charge is -2.27. The molecule has 0 unspecified atom stereocenters. The van der Waals surface area contributed by atoms with E-state index in [4.69, 9.17) is 16.6 Å². The summed E-state index contributed by atoms with van der Waals surface area (Å²) in [6.45, 7) is 3.29. The van der Waals surface area contributed by atoms with Crippen molar-refractivity contribution in [2.75, 3.05) is 6.54 Å². The Hall–Kier alpha value is -1.95. The molecule has 2 aromatic carbocycles. The molecule has 0 bridgehead atoms. The molecule has 1 aromatic heterocycles. The minimum atomic E-state index is 0.0426. The van der Waals surface area contributed by atoms with Crippen molar-refractivity contribution in [2.45, 2.75) is 34.0 Å². The standard InChI is InChI=1S/C23H20ClN3S2/c1-15-14-27-22(21(26-23(27)28-15)20-4-2-3-13-25-20)16-5-9-18(10-6-16)29-19-11-7-17(24)8-12-19/h2-13,15,21-22H,14H2,1H3/t15-,21-,22-/m1/s1. The zero-order chi connectivity index (χ0) is 19.8. The van der Waals surface area contributed by atoms with Crippen LogP contribution >= 0.6 is 35.1 Å². The van der Waals surface area contributed by atoms with Gasteiger partial charge in [0.05, 0.1) is 11.7 Å². The second-order valence-corrected chi connectivity index (χ2v) is 10.3. The van der Waals surface area contributed by atoms with E-state index < -0.39 is 0 Å². The summed E-state index contributed by atoms with van der Waals surface area (Å²) in [7, 11) is 0. The molecule has 2 aliphatic rings. The Labute approximate surface area is 184 Å². The van der Waals surface area contributed by atoms with Gasteiger partial charge in [-0.3, -0.25) is 9.98 Å². The maximum absolute atomic E-state index is 6.00. The molecule has 3 heterocycles. The number of thioether (sulfide) groups is 1. The number of aromatic nitrogens is 1. The third kappa shape index (κ3) is 3.91. The molecule has 0 spiro atoms. The van der Waals surface area contributed by atoms with Gasteiger partial charge < -0.3 is 4.90 Å². The van der Waals surface area contributed by atoms with Crippen LogP contribution in [0.15, 0.2) is 87.7 Å². The maximum atomic E-state index is 6.00. The summed E-state index contributed by atoms with van der Waals surface area (Å²) in [6.07, 6.45) is 1.86. The van der Waals surface area contributed by atoms with Crippen molar-refractivity contribution in [2.24, 2.45) is 4.99 Å². The Kier molecular flexibility index (Phi) is 5.29. The summed E-state index contributed by atoms with van der Waals surface area (Å²) < 4.78 is 0. The molecular weight excluding hydrogens is 418 g/mol. The van der Waals surface area contributed by atoms with E-state index >= 15 is 0 Å². The normalized spacial score (nSPS) is 23.2. The number of benzene rings is 2. The minimum Gasteiger partial charge on any atom is -0.341 e. The SMILES string of the molecule is C[C@@H]1CN2C(=N[C@H](c3ccccn3)[C@H]2c2ccc(Sc3ccc(Cl)cc3)cc2)S1. The number of aliphatic imine (C=N–C) groups is 1. The first kappa shape index (κ1) is 19.0. The van der Waals surface area contributed by atoms with Gasteiger partial charge in [-0.25, -0.2) is 0 Å². The maximum Gasteiger partial charge on any atom is 0.160 e. The number of pyridine rings is 1. The minimum absolute atomic E-state index is 0.0426. The fourth-order valence-corrected chi connectivity index (χ4v) is 5.89. The van der Waals surface area contributed by atoms with Crippen LogP contribution in [0.5, 0.6) is 0 Å². The third-order valence-corrected chi connectivity index (χ3v) is 7.52. The molecular formula is C23H20ClN3S2. The Bertz CT molecular complexity index is 1020. The van der Waals surface area contributed by atoms with Gasteiger partial charge in [-0.2, -0.15) is 0 Å². The average Bonchev–Trinajstić information content (AvgIpc) is 3.27. The predicted molar refractivity (Wildman–Crippen MR) is 123 cm³/mol. The summed E-state index contributed by atoms with van der Waals surface area (Å²) >= 11 is 9.61. The van der Waals surface area contributed by atoms with E-state index in [1.807, 2.05) is 42.2 Å². The van der Waals surface area contributed by atoms with Crippen LogP contribution in [0.3, 0.4) is 0 Å². The molecule has 29 heavy (non-hydrogen) atoms. The number of rotatable bonds is 4. The van der Waals surface area contributed by atoms with E-state index in [9.17, 15) is 0 Å². The first-order valence-electron chi connectivity index (χ1n) is 9.63. The zero-order valence-corrected chi connectivity index (χ0v) is 18.3. The van der Waals surface area contributed by atoms with Crippen molar-refractivity contribution in [3.05, 3.63) is 89.2 Å². The van der Waals surface area contributed by atoms with Gasteiger partial charge in [-0.1, -0.05) is 60.2 Å².